The molecule has 1 aromatic rings. The molecule has 1 aliphatic carbocycles. The lowest BCUT2D eigenvalue weighted by Gasteiger charge is -2.25. The van der Waals surface area contributed by atoms with E-state index in [9.17, 15) is 9.90 Å². The molecule has 0 spiro atoms. The van der Waals surface area contributed by atoms with Gasteiger partial charge in [-0.25, -0.2) is 4.79 Å². The van der Waals surface area contributed by atoms with E-state index in [1.54, 1.807) is 6.92 Å². The van der Waals surface area contributed by atoms with Gasteiger partial charge in [0.15, 0.2) is 0 Å². The Hall–Kier alpha value is -1.55. The Morgan fingerprint density at radius 3 is 2.65 bits per heavy atom. The van der Waals surface area contributed by atoms with E-state index in [4.69, 9.17) is 0 Å². The Morgan fingerprint density at radius 2 is 2.05 bits per heavy atom. The van der Waals surface area contributed by atoms with Gasteiger partial charge in [-0.1, -0.05) is 43.7 Å². The van der Waals surface area contributed by atoms with E-state index in [0.29, 0.717) is 5.92 Å². The van der Waals surface area contributed by atoms with Crippen molar-refractivity contribution in [3.63, 3.8) is 0 Å². The Morgan fingerprint density at radius 1 is 1.35 bits per heavy atom. The maximum atomic E-state index is 11.9. The number of amides is 2. The number of rotatable bonds is 4. The highest BCUT2D eigenvalue weighted by Crippen LogP contribution is 2.24. The summed E-state index contributed by atoms with van der Waals surface area (Å²) in [6.45, 7) is 4.07. The zero-order valence-electron chi connectivity index (χ0n) is 12.2. The van der Waals surface area contributed by atoms with Crippen LogP contribution in [0.2, 0.25) is 0 Å². The van der Waals surface area contributed by atoms with Gasteiger partial charge in [0.1, 0.15) is 5.60 Å². The predicted molar refractivity (Wildman–Crippen MR) is 79.4 cm³/mol. The van der Waals surface area contributed by atoms with E-state index >= 15 is 0 Å². The van der Waals surface area contributed by atoms with Crippen LogP contribution in [0.5, 0.6) is 0 Å². The largest absolute Gasteiger partial charge is 0.384 e. The number of carbonyl (C=O) groups excluding carboxylic acids is 1. The minimum Gasteiger partial charge on any atom is -0.384 e. The van der Waals surface area contributed by atoms with Crippen LogP contribution in [0.1, 0.15) is 38.7 Å². The average Bonchev–Trinajstić information content (AvgIpc) is 2.83. The van der Waals surface area contributed by atoms with Crippen LogP contribution in [0.15, 0.2) is 30.3 Å². The topological polar surface area (TPSA) is 61.4 Å². The van der Waals surface area contributed by atoms with E-state index in [-0.39, 0.29) is 18.6 Å². The van der Waals surface area contributed by atoms with Gasteiger partial charge in [0, 0.05) is 6.04 Å². The van der Waals surface area contributed by atoms with Crippen molar-refractivity contribution in [2.75, 3.05) is 6.54 Å². The number of urea groups is 1. The highest BCUT2D eigenvalue weighted by molar-refractivity contribution is 5.74. The molecular weight excluding hydrogens is 252 g/mol. The van der Waals surface area contributed by atoms with Gasteiger partial charge in [-0.05, 0) is 31.2 Å². The summed E-state index contributed by atoms with van der Waals surface area (Å²) in [6.07, 6.45) is 3.39. The predicted octanol–water partition coefficient (Wildman–Crippen LogP) is 2.38. The van der Waals surface area contributed by atoms with E-state index in [2.05, 4.69) is 17.6 Å². The molecule has 3 atom stereocenters. The monoisotopic (exact) mass is 276 g/mol. The van der Waals surface area contributed by atoms with Crippen LogP contribution in [0.4, 0.5) is 4.79 Å². The number of hydrogen-bond donors (Lipinski definition) is 3. The molecule has 0 aromatic heterocycles. The maximum absolute atomic E-state index is 11.9. The van der Waals surface area contributed by atoms with Gasteiger partial charge in [0.2, 0.25) is 0 Å². The lowest BCUT2D eigenvalue weighted by atomic mass is 9.96. The van der Waals surface area contributed by atoms with Crippen LogP contribution in [0.25, 0.3) is 0 Å². The smallest absolute Gasteiger partial charge is 0.315 e. The first-order chi connectivity index (χ1) is 9.49. The number of hydrogen-bond acceptors (Lipinski definition) is 2. The molecule has 2 rings (SSSR count). The summed E-state index contributed by atoms with van der Waals surface area (Å²) in [5.74, 6) is 0.537. The van der Waals surface area contributed by atoms with Crippen molar-refractivity contribution in [2.45, 2.75) is 44.8 Å². The lowest BCUT2D eigenvalue weighted by molar-refractivity contribution is 0.0592. The Labute approximate surface area is 120 Å². The van der Waals surface area contributed by atoms with Gasteiger partial charge >= 0.3 is 6.03 Å². The summed E-state index contributed by atoms with van der Waals surface area (Å²) in [5, 5.41) is 16.2. The third kappa shape index (κ3) is 3.73. The third-order valence-electron chi connectivity index (χ3n) is 4.17. The number of nitrogens with one attached hydrogen (secondary N) is 2. The molecule has 0 radical (unpaired) electrons. The van der Waals surface area contributed by atoms with Crippen LogP contribution in [0, 0.1) is 5.92 Å². The molecule has 0 bridgehead atoms. The molecule has 3 N–H and O–H groups in total. The minimum absolute atomic E-state index is 0.194. The summed E-state index contributed by atoms with van der Waals surface area (Å²) >= 11 is 0. The molecule has 2 amide bonds. The van der Waals surface area contributed by atoms with Crippen molar-refractivity contribution in [1.82, 2.24) is 10.6 Å². The van der Waals surface area contributed by atoms with Crippen LogP contribution in [0.3, 0.4) is 0 Å². The van der Waals surface area contributed by atoms with Crippen LogP contribution in [-0.4, -0.2) is 23.7 Å². The van der Waals surface area contributed by atoms with Crippen LogP contribution >= 0.6 is 0 Å². The first-order valence-electron chi connectivity index (χ1n) is 7.31. The molecular formula is C16H24N2O2. The molecule has 0 aliphatic heterocycles. The second kappa shape index (κ2) is 6.27. The Balaban J connectivity index is 1.83. The van der Waals surface area contributed by atoms with Crippen LogP contribution < -0.4 is 10.6 Å². The van der Waals surface area contributed by atoms with Gasteiger partial charge in [-0.3, -0.25) is 0 Å². The highest BCUT2D eigenvalue weighted by atomic mass is 16.3. The highest BCUT2D eigenvalue weighted by Gasteiger charge is 2.27. The fraction of sp³-hybridized carbons (Fsp3) is 0.562. The molecule has 1 fully saturated rings. The summed E-state index contributed by atoms with van der Waals surface area (Å²) in [4.78, 5) is 11.9. The van der Waals surface area contributed by atoms with Gasteiger partial charge in [-0.15, -0.1) is 0 Å². The van der Waals surface area contributed by atoms with Crippen LogP contribution in [-0.2, 0) is 5.60 Å². The molecule has 4 nitrogen and oxygen atoms in total. The van der Waals surface area contributed by atoms with E-state index in [0.717, 1.165) is 12.0 Å². The Bertz CT molecular complexity index is 445. The number of aliphatic hydroxyl groups is 1. The molecule has 0 unspecified atom stereocenters. The molecule has 20 heavy (non-hydrogen) atoms. The van der Waals surface area contributed by atoms with E-state index in [1.807, 2.05) is 30.3 Å². The average molecular weight is 276 g/mol. The van der Waals surface area contributed by atoms with Crippen molar-refractivity contribution < 1.29 is 9.90 Å². The Kier molecular flexibility index (Phi) is 4.65. The number of benzene rings is 1. The quantitative estimate of drug-likeness (QED) is 0.790. The summed E-state index contributed by atoms with van der Waals surface area (Å²) in [5.41, 5.74) is -0.255. The summed E-state index contributed by atoms with van der Waals surface area (Å²) < 4.78 is 0. The molecule has 1 aliphatic rings. The maximum Gasteiger partial charge on any atom is 0.315 e. The second-order valence-corrected chi connectivity index (χ2v) is 5.98. The fourth-order valence-electron chi connectivity index (χ4n) is 2.73. The van der Waals surface area contributed by atoms with Crippen molar-refractivity contribution in [3.8, 4) is 0 Å². The van der Waals surface area contributed by atoms with E-state index < -0.39 is 5.60 Å². The van der Waals surface area contributed by atoms with E-state index in [1.165, 1.54) is 12.8 Å². The van der Waals surface area contributed by atoms with Crippen molar-refractivity contribution in [2.24, 2.45) is 5.92 Å². The normalized spacial score (nSPS) is 24.9. The standard InChI is InChI=1S/C16H24N2O2/c1-12-7-6-10-14(12)18-15(19)17-11-16(2,20)13-8-4-3-5-9-13/h3-5,8-9,12,14,20H,6-7,10-11H2,1-2H3,(H2,17,18,19)/t12-,14+,16-/m0/s1. The summed E-state index contributed by atoms with van der Waals surface area (Å²) in [7, 11) is 0. The van der Waals surface area contributed by atoms with Gasteiger partial charge < -0.3 is 15.7 Å². The van der Waals surface area contributed by atoms with Gasteiger partial charge in [0.25, 0.3) is 0 Å². The zero-order chi connectivity index (χ0) is 14.6. The molecule has 110 valence electrons. The first kappa shape index (κ1) is 14.9. The molecule has 4 heteroatoms. The minimum atomic E-state index is -1.06. The van der Waals surface area contributed by atoms with Gasteiger partial charge in [0.05, 0.1) is 6.54 Å². The second-order valence-electron chi connectivity index (χ2n) is 5.98. The molecule has 1 saturated carbocycles. The third-order valence-corrected chi connectivity index (χ3v) is 4.17. The van der Waals surface area contributed by atoms with Gasteiger partial charge in [-0.2, -0.15) is 0 Å². The molecule has 1 aromatic carbocycles. The zero-order valence-corrected chi connectivity index (χ0v) is 12.2. The van der Waals surface area contributed by atoms with Crippen molar-refractivity contribution in [3.05, 3.63) is 35.9 Å². The van der Waals surface area contributed by atoms with Crippen molar-refractivity contribution in [1.29, 1.82) is 0 Å². The molecule has 0 heterocycles. The lowest BCUT2D eigenvalue weighted by Crippen LogP contribution is -2.47. The fourth-order valence-corrected chi connectivity index (χ4v) is 2.73. The summed E-state index contributed by atoms with van der Waals surface area (Å²) in [6, 6.07) is 9.45. The number of carbonyl (C=O) groups is 1. The van der Waals surface area contributed by atoms with Crippen molar-refractivity contribution >= 4 is 6.03 Å². The molecule has 0 saturated heterocycles. The first-order valence-corrected chi connectivity index (χ1v) is 7.31. The SMILES string of the molecule is C[C@H]1CCC[C@H]1NC(=O)NC[C@](C)(O)c1ccccc1.